The summed E-state index contributed by atoms with van der Waals surface area (Å²) in [7, 11) is 1.54. The summed E-state index contributed by atoms with van der Waals surface area (Å²) in [6, 6.07) is 19.9. The normalized spacial score (nSPS) is 11.2. The fraction of sp³-hybridized carbons (Fsp3) is 0.172. The first-order chi connectivity index (χ1) is 17.6. The van der Waals surface area contributed by atoms with Gasteiger partial charge >= 0.3 is 6.18 Å². The van der Waals surface area contributed by atoms with E-state index in [0.717, 1.165) is 22.8 Å². The van der Waals surface area contributed by atoms with Gasteiger partial charge in [0.2, 0.25) is 0 Å². The molecule has 0 atom stereocenters. The molecule has 0 aliphatic carbocycles. The zero-order chi connectivity index (χ0) is 26.7. The highest BCUT2D eigenvalue weighted by molar-refractivity contribution is 5.67. The second-order valence-corrected chi connectivity index (χ2v) is 8.53. The Morgan fingerprint density at radius 3 is 2.24 bits per heavy atom. The maximum Gasteiger partial charge on any atom is 0.407 e. The average Bonchev–Trinajstić information content (AvgIpc) is 2.86. The highest BCUT2D eigenvalue weighted by Crippen LogP contribution is 2.38. The second kappa shape index (κ2) is 10.2. The van der Waals surface area contributed by atoms with E-state index in [1.165, 1.54) is 4.57 Å². The predicted octanol–water partition coefficient (Wildman–Crippen LogP) is 7.55. The number of nitrogens with zero attached hydrogens (tertiary/aromatic N) is 2. The maximum atomic E-state index is 13.8. The molecular formula is C29H23F3N2O3. The van der Waals surface area contributed by atoms with Crippen molar-refractivity contribution >= 4 is 5.69 Å². The molecule has 0 aliphatic heterocycles. The molecule has 0 fully saturated rings. The Bertz CT molecular complexity index is 1550. The fourth-order valence-electron chi connectivity index (χ4n) is 4.04. The van der Waals surface area contributed by atoms with Crippen LogP contribution in [0, 0.1) is 20.4 Å². The lowest BCUT2D eigenvalue weighted by molar-refractivity contribution is -0.136. The molecule has 0 saturated heterocycles. The molecule has 0 bridgehead atoms. The quantitative estimate of drug-likeness (QED) is 0.255. The van der Waals surface area contributed by atoms with Crippen molar-refractivity contribution in [2.24, 2.45) is 0 Å². The fourth-order valence-corrected chi connectivity index (χ4v) is 4.04. The second-order valence-electron chi connectivity index (χ2n) is 8.53. The summed E-state index contributed by atoms with van der Waals surface area (Å²) in [5.41, 5.74) is -0.0763. The third-order valence-corrected chi connectivity index (χ3v) is 5.95. The van der Waals surface area contributed by atoms with E-state index in [1.54, 1.807) is 55.6 Å². The standard InChI is InChI=1S/C29H23F3N2O3/c1-18-8-9-21(19(2)14-18)17-34-26(16-25(29(30,31)32)27(33-3)28(34)35)20-10-12-22(13-11-20)37-24-7-5-6-23(15-24)36-4/h5-16H,17H2,1-2,4H3. The van der Waals surface area contributed by atoms with Gasteiger partial charge in [-0.3, -0.25) is 4.79 Å². The zero-order valence-electron chi connectivity index (χ0n) is 20.4. The van der Waals surface area contributed by atoms with Crippen molar-refractivity contribution in [2.45, 2.75) is 26.6 Å². The Hall–Kier alpha value is -4.51. The van der Waals surface area contributed by atoms with Gasteiger partial charge in [0.1, 0.15) is 17.2 Å². The van der Waals surface area contributed by atoms with Crippen molar-refractivity contribution in [3.05, 3.63) is 117 Å². The van der Waals surface area contributed by atoms with Crippen molar-refractivity contribution in [2.75, 3.05) is 7.11 Å². The van der Waals surface area contributed by atoms with E-state index >= 15 is 0 Å². The number of hydrogen-bond acceptors (Lipinski definition) is 3. The molecule has 188 valence electrons. The van der Waals surface area contributed by atoms with Gasteiger partial charge in [-0.05, 0) is 73.0 Å². The molecule has 0 unspecified atom stereocenters. The highest BCUT2D eigenvalue weighted by atomic mass is 19.4. The van der Waals surface area contributed by atoms with Crippen LogP contribution in [-0.2, 0) is 12.7 Å². The van der Waals surface area contributed by atoms with Gasteiger partial charge in [-0.15, -0.1) is 0 Å². The summed E-state index contributed by atoms with van der Waals surface area (Å²) >= 11 is 0. The van der Waals surface area contributed by atoms with Gasteiger partial charge in [0.15, 0.2) is 0 Å². The van der Waals surface area contributed by atoms with Crippen LogP contribution in [0.4, 0.5) is 18.9 Å². The molecule has 37 heavy (non-hydrogen) atoms. The Kier molecular flexibility index (Phi) is 7.07. The molecule has 8 heteroatoms. The highest BCUT2D eigenvalue weighted by Gasteiger charge is 2.36. The summed E-state index contributed by atoms with van der Waals surface area (Å²) in [6.07, 6.45) is -4.86. The minimum atomic E-state index is -4.86. The summed E-state index contributed by atoms with van der Waals surface area (Å²) in [6.45, 7) is 11.1. The van der Waals surface area contributed by atoms with Crippen LogP contribution < -0.4 is 15.0 Å². The van der Waals surface area contributed by atoms with E-state index in [9.17, 15) is 18.0 Å². The molecule has 0 aliphatic rings. The van der Waals surface area contributed by atoms with Crippen molar-refractivity contribution < 1.29 is 22.6 Å². The molecule has 0 spiro atoms. The number of hydrogen-bond donors (Lipinski definition) is 0. The Balaban J connectivity index is 1.81. The van der Waals surface area contributed by atoms with E-state index in [2.05, 4.69) is 4.85 Å². The first-order valence-electron chi connectivity index (χ1n) is 11.3. The largest absolute Gasteiger partial charge is 0.497 e. The number of methoxy groups -OCH3 is 1. The van der Waals surface area contributed by atoms with Crippen LogP contribution in [0.25, 0.3) is 16.1 Å². The van der Waals surface area contributed by atoms with E-state index in [-0.39, 0.29) is 12.2 Å². The van der Waals surface area contributed by atoms with Gasteiger partial charge in [-0.2, -0.15) is 13.2 Å². The van der Waals surface area contributed by atoms with Crippen molar-refractivity contribution in [3.63, 3.8) is 0 Å². The van der Waals surface area contributed by atoms with Crippen molar-refractivity contribution in [3.8, 4) is 28.5 Å². The molecule has 0 radical (unpaired) electrons. The first-order valence-corrected chi connectivity index (χ1v) is 11.3. The Labute approximate surface area is 212 Å². The van der Waals surface area contributed by atoms with E-state index in [0.29, 0.717) is 22.8 Å². The van der Waals surface area contributed by atoms with Crippen LogP contribution in [-0.4, -0.2) is 11.7 Å². The summed E-state index contributed by atoms with van der Waals surface area (Å²) in [5.74, 6) is 1.60. The van der Waals surface area contributed by atoms with Crippen LogP contribution in [0.5, 0.6) is 17.2 Å². The molecule has 0 amide bonds. The lowest BCUT2D eigenvalue weighted by atomic mass is 10.0. The number of alkyl halides is 3. The summed E-state index contributed by atoms with van der Waals surface area (Å²) in [4.78, 5) is 16.2. The lowest BCUT2D eigenvalue weighted by Gasteiger charge is -2.19. The Morgan fingerprint density at radius 2 is 1.62 bits per heavy atom. The van der Waals surface area contributed by atoms with Crippen LogP contribution in [0.15, 0.2) is 77.6 Å². The molecule has 4 rings (SSSR count). The molecule has 0 saturated carbocycles. The third-order valence-electron chi connectivity index (χ3n) is 5.95. The predicted molar refractivity (Wildman–Crippen MR) is 135 cm³/mol. The molecule has 4 aromatic rings. The van der Waals surface area contributed by atoms with Crippen molar-refractivity contribution in [1.82, 2.24) is 4.57 Å². The minimum Gasteiger partial charge on any atom is -0.497 e. The molecule has 5 nitrogen and oxygen atoms in total. The van der Waals surface area contributed by atoms with Crippen molar-refractivity contribution in [1.29, 1.82) is 0 Å². The SMILES string of the molecule is [C-]#[N+]c1c(C(F)(F)F)cc(-c2ccc(Oc3cccc(OC)c3)cc2)n(Cc2ccc(C)cc2C)c1=O. The van der Waals surface area contributed by atoms with Crippen LogP contribution in [0.3, 0.4) is 0 Å². The van der Waals surface area contributed by atoms with Gasteiger partial charge in [0, 0.05) is 11.8 Å². The van der Waals surface area contributed by atoms with Gasteiger partial charge in [-0.25, -0.2) is 4.85 Å². The first kappa shape index (κ1) is 25.6. The lowest BCUT2D eigenvalue weighted by Crippen LogP contribution is -2.25. The molecule has 1 aromatic heterocycles. The number of pyridine rings is 1. The van der Waals surface area contributed by atoms with E-state index < -0.39 is 23.0 Å². The minimum absolute atomic E-state index is 0.0169. The zero-order valence-corrected chi connectivity index (χ0v) is 20.4. The molecule has 0 N–H and O–H groups in total. The number of rotatable bonds is 6. The van der Waals surface area contributed by atoms with E-state index in [4.69, 9.17) is 16.0 Å². The van der Waals surface area contributed by atoms with Gasteiger partial charge in [-0.1, -0.05) is 29.8 Å². The molecule has 1 heterocycles. The number of halogens is 3. The molecular weight excluding hydrogens is 481 g/mol. The number of aryl methyl sites for hydroxylation is 2. The molecule has 3 aromatic carbocycles. The average molecular weight is 505 g/mol. The van der Waals surface area contributed by atoms with Crippen LogP contribution in [0.1, 0.15) is 22.3 Å². The van der Waals surface area contributed by atoms with Gasteiger partial charge in [0.05, 0.1) is 25.8 Å². The monoisotopic (exact) mass is 504 g/mol. The number of benzene rings is 3. The Morgan fingerprint density at radius 1 is 0.919 bits per heavy atom. The third kappa shape index (κ3) is 5.51. The van der Waals surface area contributed by atoms with Gasteiger partial charge < -0.3 is 14.0 Å². The maximum absolute atomic E-state index is 13.8. The number of aromatic nitrogens is 1. The summed E-state index contributed by atoms with van der Waals surface area (Å²) < 4.78 is 53.7. The topological polar surface area (TPSA) is 44.8 Å². The number of ether oxygens (including phenoxy) is 2. The van der Waals surface area contributed by atoms with Crippen LogP contribution >= 0.6 is 0 Å². The summed E-state index contributed by atoms with van der Waals surface area (Å²) in [5, 5.41) is 0. The van der Waals surface area contributed by atoms with E-state index in [1.807, 2.05) is 32.0 Å². The van der Waals surface area contributed by atoms with Gasteiger partial charge in [0.25, 0.3) is 11.2 Å². The smallest absolute Gasteiger partial charge is 0.407 e. The van der Waals surface area contributed by atoms with Crippen LogP contribution in [0.2, 0.25) is 0 Å².